The van der Waals surface area contributed by atoms with Gasteiger partial charge in [0.05, 0.1) is 12.7 Å². The summed E-state index contributed by atoms with van der Waals surface area (Å²) in [5.74, 6) is 0. The number of hydrogen-bond donors (Lipinski definition) is 1. The van der Waals surface area contributed by atoms with Gasteiger partial charge in [0.15, 0.2) is 0 Å². The van der Waals surface area contributed by atoms with Crippen LogP contribution in [0.15, 0.2) is 24.3 Å². The minimum atomic E-state index is 0.130. The fraction of sp³-hybridized carbons (Fsp3) is 0.625. The van der Waals surface area contributed by atoms with E-state index in [0.717, 1.165) is 30.0 Å². The molecule has 0 aliphatic heterocycles. The average molecular weight is 284 g/mol. The Bertz CT molecular complexity index is 373. The Hall–Kier alpha value is -0.570. The molecule has 2 nitrogen and oxygen atoms in total. The van der Waals surface area contributed by atoms with Crippen LogP contribution in [-0.2, 0) is 11.3 Å². The highest BCUT2D eigenvalue weighted by atomic mass is 35.5. The van der Waals surface area contributed by atoms with Crippen LogP contribution in [0.4, 0.5) is 0 Å². The largest absolute Gasteiger partial charge is 0.372 e. The first-order valence-electron chi connectivity index (χ1n) is 7.02. The zero-order chi connectivity index (χ0) is 14.3. The maximum atomic E-state index is 6.00. The number of benzene rings is 1. The number of ether oxygens (including phenoxy) is 1. The molecule has 0 saturated carbocycles. The summed E-state index contributed by atoms with van der Waals surface area (Å²) < 4.78 is 6.00. The summed E-state index contributed by atoms with van der Waals surface area (Å²) in [5, 5.41) is 4.27. The molecule has 1 N–H and O–H groups in total. The first-order chi connectivity index (χ1) is 8.90. The molecule has 0 bridgehead atoms. The van der Waals surface area contributed by atoms with E-state index in [2.05, 4.69) is 33.0 Å². The van der Waals surface area contributed by atoms with Crippen LogP contribution < -0.4 is 5.32 Å². The van der Waals surface area contributed by atoms with Crippen LogP contribution in [0.1, 0.15) is 46.1 Å². The Morgan fingerprint density at radius 3 is 2.63 bits per heavy atom. The summed E-state index contributed by atoms with van der Waals surface area (Å²) in [5.41, 5.74) is 1.26. The predicted octanol–water partition coefficient (Wildman–Crippen LogP) is 4.41. The number of nitrogens with one attached hydrogen (secondary N) is 1. The average Bonchev–Trinajstić information content (AvgIpc) is 2.32. The molecule has 19 heavy (non-hydrogen) atoms. The van der Waals surface area contributed by atoms with Gasteiger partial charge in [-0.05, 0) is 44.9 Å². The normalized spacial score (nSPS) is 13.5. The van der Waals surface area contributed by atoms with Crippen LogP contribution in [0.3, 0.4) is 0 Å². The first kappa shape index (κ1) is 16.5. The molecule has 1 aromatic carbocycles. The van der Waals surface area contributed by atoms with Crippen LogP contribution >= 0.6 is 11.6 Å². The molecule has 1 unspecified atom stereocenters. The van der Waals surface area contributed by atoms with Gasteiger partial charge >= 0.3 is 0 Å². The van der Waals surface area contributed by atoms with Gasteiger partial charge in [-0.1, -0.05) is 37.1 Å². The third-order valence-electron chi connectivity index (χ3n) is 2.85. The van der Waals surface area contributed by atoms with E-state index in [4.69, 9.17) is 16.3 Å². The molecule has 0 heterocycles. The molecule has 108 valence electrons. The second-order valence-electron chi connectivity index (χ2n) is 5.98. The summed E-state index contributed by atoms with van der Waals surface area (Å²) >= 11 is 5.97. The van der Waals surface area contributed by atoms with Gasteiger partial charge in [-0.15, -0.1) is 0 Å². The highest BCUT2D eigenvalue weighted by molar-refractivity contribution is 6.30. The van der Waals surface area contributed by atoms with Crippen LogP contribution in [0.25, 0.3) is 0 Å². The van der Waals surface area contributed by atoms with Gasteiger partial charge in [-0.3, -0.25) is 0 Å². The minimum absolute atomic E-state index is 0.130. The predicted molar refractivity (Wildman–Crippen MR) is 82.7 cm³/mol. The maximum Gasteiger partial charge on any atom is 0.0721 e. The van der Waals surface area contributed by atoms with E-state index >= 15 is 0 Å². The zero-order valence-electron chi connectivity index (χ0n) is 12.5. The monoisotopic (exact) mass is 283 g/mol. The lowest BCUT2D eigenvalue weighted by molar-refractivity contribution is 0.0310. The molecule has 0 aliphatic carbocycles. The van der Waals surface area contributed by atoms with E-state index in [-0.39, 0.29) is 11.6 Å². The summed E-state index contributed by atoms with van der Waals surface area (Å²) in [7, 11) is 0. The Morgan fingerprint density at radius 2 is 2.05 bits per heavy atom. The molecular formula is C16H26ClNO. The van der Waals surface area contributed by atoms with Gasteiger partial charge in [0.2, 0.25) is 0 Å². The van der Waals surface area contributed by atoms with Crippen LogP contribution in [0.5, 0.6) is 0 Å². The molecule has 0 saturated heterocycles. The van der Waals surface area contributed by atoms with E-state index in [0.29, 0.717) is 6.61 Å². The van der Waals surface area contributed by atoms with Crippen molar-refractivity contribution in [3.05, 3.63) is 34.9 Å². The van der Waals surface area contributed by atoms with E-state index < -0.39 is 0 Å². The fourth-order valence-electron chi connectivity index (χ4n) is 1.83. The van der Waals surface area contributed by atoms with Gasteiger partial charge in [0.25, 0.3) is 0 Å². The number of rotatable bonds is 7. The van der Waals surface area contributed by atoms with E-state index in [1.165, 1.54) is 0 Å². The zero-order valence-corrected chi connectivity index (χ0v) is 13.3. The molecule has 0 fully saturated rings. The van der Waals surface area contributed by atoms with Gasteiger partial charge < -0.3 is 10.1 Å². The quantitative estimate of drug-likeness (QED) is 0.800. The van der Waals surface area contributed by atoms with E-state index in [1.54, 1.807) is 0 Å². The highest BCUT2D eigenvalue weighted by Crippen LogP contribution is 2.13. The van der Waals surface area contributed by atoms with Crippen LogP contribution in [0.2, 0.25) is 5.02 Å². The van der Waals surface area contributed by atoms with E-state index in [1.807, 2.05) is 24.3 Å². The van der Waals surface area contributed by atoms with Crippen molar-refractivity contribution < 1.29 is 4.74 Å². The second kappa shape index (κ2) is 7.88. The standard InChI is InChI=1S/C16H26ClNO/c1-5-7-15(11-18-16(2,3)4)19-12-13-8-6-9-14(17)10-13/h6,8-10,15,18H,5,7,11-12H2,1-4H3. The summed E-state index contributed by atoms with van der Waals surface area (Å²) in [6.45, 7) is 10.2. The van der Waals surface area contributed by atoms with E-state index in [9.17, 15) is 0 Å². The third kappa shape index (κ3) is 7.56. The minimum Gasteiger partial charge on any atom is -0.372 e. The Balaban J connectivity index is 2.45. The van der Waals surface area contributed by atoms with Gasteiger partial charge in [-0.2, -0.15) is 0 Å². The molecule has 0 radical (unpaired) electrons. The highest BCUT2D eigenvalue weighted by Gasteiger charge is 2.14. The lowest BCUT2D eigenvalue weighted by Crippen LogP contribution is -2.41. The molecule has 0 aliphatic rings. The van der Waals surface area contributed by atoms with Crippen LogP contribution in [0, 0.1) is 0 Å². The van der Waals surface area contributed by atoms with Crippen molar-refractivity contribution in [2.75, 3.05) is 6.54 Å². The molecule has 0 aromatic heterocycles. The van der Waals surface area contributed by atoms with Gasteiger partial charge in [0.1, 0.15) is 0 Å². The Kier molecular flexibility index (Phi) is 6.84. The molecular weight excluding hydrogens is 258 g/mol. The van der Waals surface area contributed by atoms with Crippen molar-refractivity contribution in [3.8, 4) is 0 Å². The summed E-state index contributed by atoms with van der Waals surface area (Å²) in [6.07, 6.45) is 2.46. The molecule has 3 heteroatoms. The molecule has 1 atom stereocenters. The molecule has 0 spiro atoms. The van der Waals surface area contributed by atoms with Gasteiger partial charge in [-0.25, -0.2) is 0 Å². The molecule has 0 amide bonds. The van der Waals surface area contributed by atoms with Crippen molar-refractivity contribution in [2.24, 2.45) is 0 Å². The third-order valence-corrected chi connectivity index (χ3v) is 3.08. The lowest BCUT2D eigenvalue weighted by Gasteiger charge is -2.25. The number of hydrogen-bond acceptors (Lipinski definition) is 2. The molecule has 1 rings (SSSR count). The SMILES string of the molecule is CCCC(CNC(C)(C)C)OCc1cccc(Cl)c1. The summed E-state index contributed by atoms with van der Waals surface area (Å²) in [6, 6.07) is 7.85. The van der Waals surface area contributed by atoms with Crippen molar-refractivity contribution in [2.45, 2.75) is 58.8 Å². The second-order valence-corrected chi connectivity index (χ2v) is 6.42. The van der Waals surface area contributed by atoms with Crippen molar-refractivity contribution in [1.29, 1.82) is 0 Å². The summed E-state index contributed by atoms with van der Waals surface area (Å²) in [4.78, 5) is 0. The van der Waals surface area contributed by atoms with Crippen molar-refractivity contribution in [1.82, 2.24) is 5.32 Å². The van der Waals surface area contributed by atoms with Crippen molar-refractivity contribution in [3.63, 3.8) is 0 Å². The van der Waals surface area contributed by atoms with Crippen LogP contribution in [-0.4, -0.2) is 18.2 Å². The Labute approximate surface area is 122 Å². The Morgan fingerprint density at radius 1 is 1.32 bits per heavy atom. The lowest BCUT2D eigenvalue weighted by atomic mass is 10.1. The molecule has 1 aromatic rings. The van der Waals surface area contributed by atoms with Gasteiger partial charge in [0, 0.05) is 17.1 Å². The van der Waals surface area contributed by atoms with Crippen molar-refractivity contribution >= 4 is 11.6 Å². The first-order valence-corrected chi connectivity index (χ1v) is 7.39. The fourth-order valence-corrected chi connectivity index (χ4v) is 2.04. The maximum absolute atomic E-state index is 6.00. The topological polar surface area (TPSA) is 21.3 Å². The number of halogens is 1. The smallest absolute Gasteiger partial charge is 0.0721 e.